The average molecular weight is 280 g/mol. The van der Waals surface area contributed by atoms with Crippen LogP contribution in [0.3, 0.4) is 0 Å². The van der Waals surface area contributed by atoms with Gasteiger partial charge < -0.3 is 4.90 Å². The maximum Gasteiger partial charge on any atom is 0.232 e. The number of amides is 1. The molecule has 19 heavy (non-hydrogen) atoms. The molecule has 0 heterocycles. The first-order valence-corrected chi connectivity index (χ1v) is 7.14. The molecule has 0 saturated carbocycles. The maximum atomic E-state index is 13.4. The Morgan fingerprint density at radius 1 is 1.53 bits per heavy atom. The average Bonchev–Trinajstić information content (AvgIpc) is 2.42. The van der Waals surface area contributed by atoms with Crippen molar-refractivity contribution in [3.05, 3.63) is 29.6 Å². The van der Waals surface area contributed by atoms with E-state index in [1.165, 1.54) is 17.8 Å². The fraction of sp³-hybridized carbons (Fsp3) is 0.429. The summed E-state index contributed by atoms with van der Waals surface area (Å²) in [4.78, 5) is 14.0. The Morgan fingerprint density at radius 3 is 2.89 bits per heavy atom. The number of unbranched alkanes of at least 4 members (excludes halogenated alkanes) is 1. The summed E-state index contributed by atoms with van der Waals surface area (Å²) in [6, 6.07) is 6.28. The molecule has 1 rings (SSSR count). The summed E-state index contributed by atoms with van der Waals surface area (Å²) >= 11 is 1.20. The second-order valence-electron chi connectivity index (χ2n) is 4.18. The van der Waals surface area contributed by atoms with Gasteiger partial charge in [-0.25, -0.2) is 4.39 Å². The first-order valence-electron chi connectivity index (χ1n) is 6.15. The van der Waals surface area contributed by atoms with E-state index in [0.717, 1.165) is 19.4 Å². The molecule has 102 valence electrons. The second kappa shape index (κ2) is 7.80. The number of halogens is 1. The molecular formula is C14H17FN2OS. The minimum absolute atomic E-state index is 0.00778. The van der Waals surface area contributed by atoms with Crippen LogP contribution in [0.2, 0.25) is 0 Å². The van der Waals surface area contributed by atoms with Crippen LogP contribution >= 0.6 is 11.8 Å². The summed E-state index contributed by atoms with van der Waals surface area (Å²) in [5.41, 5.74) is 0.0107. The van der Waals surface area contributed by atoms with Gasteiger partial charge in [0.15, 0.2) is 0 Å². The lowest BCUT2D eigenvalue weighted by Gasteiger charge is -2.16. The third-order valence-corrected chi connectivity index (χ3v) is 3.75. The monoisotopic (exact) mass is 280 g/mol. The smallest absolute Gasteiger partial charge is 0.232 e. The Balaban J connectivity index is 2.60. The van der Waals surface area contributed by atoms with E-state index in [4.69, 9.17) is 5.26 Å². The van der Waals surface area contributed by atoms with Gasteiger partial charge in [0.25, 0.3) is 0 Å². The van der Waals surface area contributed by atoms with Crippen LogP contribution in [-0.2, 0) is 4.79 Å². The van der Waals surface area contributed by atoms with E-state index in [0.29, 0.717) is 4.90 Å². The quantitative estimate of drug-likeness (QED) is 0.752. The number of nitrogens with zero attached hydrogens (tertiary/aromatic N) is 2. The number of hydrogen-bond donors (Lipinski definition) is 0. The van der Waals surface area contributed by atoms with E-state index >= 15 is 0 Å². The normalized spacial score (nSPS) is 10.0. The van der Waals surface area contributed by atoms with E-state index in [2.05, 4.69) is 6.92 Å². The third kappa shape index (κ3) is 4.56. The molecular weight excluding hydrogens is 263 g/mol. The van der Waals surface area contributed by atoms with Crippen molar-refractivity contribution in [2.24, 2.45) is 0 Å². The van der Waals surface area contributed by atoms with Gasteiger partial charge in [0, 0.05) is 18.5 Å². The summed E-state index contributed by atoms with van der Waals surface area (Å²) < 4.78 is 13.4. The van der Waals surface area contributed by atoms with Crippen molar-refractivity contribution in [2.75, 3.05) is 19.3 Å². The van der Waals surface area contributed by atoms with E-state index in [-0.39, 0.29) is 17.2 Å². The molecule has 1 aromatic carbocycles. The van der Waals surface area contributed by atoms with Gasteiger partial charge in [-0.15, -0.1) is 11.8 Å². The number of benzene rings is 1. The lowest BCUT2D eigenvalue weighted by atomic mass is 10.2. The van der Waals surface area contributed by atoms with E-state index < -0.39 is 5.82 Å². The summed E-state index contributed by atoms with van der Waals surface area (Å²) in [5.74, 6) is -0.330. The number of nitriles is 1. The van der Waals surface area contributed by atoms with Gasteiger partial charge >= 0.3 is 0 Å². The molecule has 5 heteroatoms. The minimum Gasteiger partial charge on any atom is -0.345 e. The Bertz CT molecular complexity index is 485. The first kappa shape index (κ1) is 15.5. The zero-order chi connectivity index (χ0) is 14.3. The zero-order valence-corrected chi connectivity index (χ0v) is 12.0. The molecule has 3 nitrogen and oxygen atoms in total. The molecule has 1 aromatic rings. The first-order chi connectivity index (χ1) is 9.10. The molecule has 0 bridgehead atoms. The van der Waals surface area contributed by atoms with Gasteiger partial charge in [0.05, 0.1) is 5.75 Å². The molecule has 0 N–H and O–H groups in total. The Hall–Kier alpha value is -1.54. The maximum absolute atomic E-state index is 13.4. The molecule has 0 fully saturated rings. The Labute approximate surface area is 117 Å². The van der Waals surface area contributed by atoms with Crippen LogP contribution in [0.25, 0.3) is 0 Å². The van der Waals surface area contributed by atoms with Crippen LogP contribution in [0, 0.1) is 17.1 Å². The van der Waals surface area contributed by atoms with Crippen molar-refractivity contribution in [3.63, 3.8) is 0 Å². The highest BCUT2D eigenvalue weighted by molar-refractivity contribution is 8.00. The van der Waals surface area contributed by atoms with E-state index in [1.807, 2.05) is 6.07 Å². The predicted molar refractivity (Wildman–Crippen MR) is 74.4 cm³/mol. The second-order valence-corrected chi connectivity index (χ2v) is 5.20. The van der Waals surface area contributed by atoms with Crippen molar-refractivity contribution in [1.82, 2.24) is 4.90 Å². The molecule has 0 atom stereocenters. The van der Waals surface area contributed by atoms with Crippen LogP contribution in [0.1, 0.15) is 25.3 Å². The van der Waals surface area contributed by atoms with E-state index in [1.54, 1.807) is 24.1 Å². The molecule has 0 radical (unpaired) electrons. The van der Waals surface area contributed by atoms with Gasteiger partial charge in [0.2, 0.25) is 5.91 Å². The van der Waals surface area contributed by atoms with Crippen LogP contribution in [0.5, 0.6) is 0 Å². The Morgan fingerprint density at radius 2 is 2.26 bits per heavy atom. The minimum atomic E-state index is -0.542. The lowest BCUT2D eigenvalue weighted by molar-refractivity contribution is -0.127. The number of thioether (sulfide) groups is 1. The third-order valence-electron chi connectivity index (χ3n) is 2.71. The van der Waals surface area contributed by atoms with Crippen LogP contribution in [0.15, 0.2) is 23.1 Å². The number of carbonyl (C=O) groups excluding carboxylic acids is 1. The highest BCUT2D eigenvalue weighted by atomic mass is 32.2. The standard InChI is InChI=1S/C14H17FN2OS/c1-3-4-8-17(2)14(18)10-19-13-7-5-6-12(15)11(13)9-16/h5-7H,3-4,8,10H2,1-2H3. The number of rotatable bonds is 6. The van der Waals surface area contributed by atoms with Gasteiger partial charge in [-0.2, -0.15) is 5.26 Å². The van der Waals surface area contributed by atoms with Crippen molar-refractivity contribution in [1.29, 1.82) is 5.26 Å². The Kier molecular flexibility index (Phi) is 6.37. The van der Waals surface area contributed by atoms with Gasteiger partial charge in [0.1, 0.15) is 17.4 Å². The fourth-order valence-corrected chi connectivity index (χ4v) is 2.46. The molecule has 0 aliphatic heterocycles. The lowest BCUT2D eigenvalue weighted by Crippen LogP contribution is -2.29. The SMILES string of the molecule is CCCCN(C)C(=O)CSc1cccc(F)c1C#N. The highest BCUT2D eigenvalue weighted by Crippen LogP contribution is 2.24. The predicted octanol–water partition coefficient (Wildman–Crippen LogP) is 3.05. The topological polar surface area (TPSA) is 44.1 Å². The summed E-state index contributed by atoms with van der Waals surface area (Å²) in [5, 5.41) is 8.89. The largest absolute Gasteiger partial charge is 0.345 e. The summed E-state index contributed by atoms with van der Waals surface area (Å²) in [6.07, 6.45) is 2.00. The molecule has 0 spiro atoms. The molecule has 1 amide bonds. The molecule has 0 saturated heterocycles. The summed E-state index contributed by atoms with van der Waals surface area (Å²) in [6.45, 7) is 2.79. The van der Waals surface area contributed by atoms with Crippen LogP contribution in [-0.4, -0.2) is 30.2 Å². The fourth-order valence-electron chi connectivity index (χ4n) is 1.50. The van der Waals surface area contributed by atoms with Crippen LogP contribution < -0.4 is 0 Å². The zero-order valence-electron chi connectivity index (χ0n) is 11.1. The van der Waals surface area contributed by atoms with Crippen molar-refractivity contribution in [2.45, 2.75) is 24.7 Å². The highest BCUT2D eigenvalue weighted by Gasteiger charge is 2.12. The van der Waals surface area contributed by atoms with E-state index in [9.17, 15) is 9.18 Å². The van der Waals surface area contributed by atoms with Gasteiger partial charge in [-0.05, 0) is 18.6 Å². The van der Waals surface area contributed by atoms with Crippen molar-refractivity contribution < 1.29 is 9.18 Å². The van der Waals surface area contributed by atoms with Crippen molar-refractivity contribution in [3.8, 4) is 6.07 Å². The number of hydrogen-bond acceptors (Lipinski definition) is 3. The van der Waals surface area contributed by atoms with Gasteiger partial charge in [-0.1, -0.05) is 19.4 Å². The van der Waals surface area contributed by atoms with Crippen molar-refractivity contribution >= 4 is 17.7 Å². The molecule has 0 aromatic heterocycles. The molecule has 0 unspecified atom stereocenters. The molecule has 0 aliphatic carbocycles. The molecule has 0 aliphatic rings. The number of carbonyl (C=O) groups is 1. The van der Waals surface area contributed by atoms with Crippen LogP contribution in [0.4, 0.5) is 4.39 Å². The summed E-state index contributed by atoms with van der Waals surface area (Å²) in [7, 11) is 1.76. The van der Waals surface area contributed by atoms with Gasteiger partial charge in [-0.3, -0.25) is 4.79 Å².